The van der Waals surface area contributed by atoms with E-state index < -0.39 is 6.10 Å². The van der Waals surface area contributed by atoms with Gasteiger partial charge in [-0.25, -0.2) is 4.68 Å². The van der Waals surface area contributed by atoms with Crippen molar-refractivity contribution >= 4 is 11.7 Å². The maximum absolute atomic E-state index is 12.8. The van der Waals surface area contributed by atoms with E-state index in [1.807, 2.05) is 44.2 Å². The Morgan fingerprint density at radius 3 is 2.48 bits per heavy atom. The number of anilines is 1. The van der Waals surface area contributed by atoms with E-state index in [9.17, 15) is 15.3 Å². The van der Waals surface area contributed by atoms with Gasteiger partial charge < -0.3 is 15.8 Å². The van der Waals surface area contributed by atoms with Crippen LogP contribution in [0, 0.1) is 28.6 Å². The van der Waals surface area contributed by atoms with Gasteiger partial charge >= 0.3 is 0 Å². The zero-order chi connectivity index (χ0) is 23.8. The molecule has 0 aliphatic heterocycles. The highest BCUT2D eigenvalue weighted by molar-refractivity contribution is 5.81. The van der Waals surface area contributed by atoms with Crippen molar-refractivity contribution in [2.75, 3.05) is 12.3 Å². The number of benzene rings is 2. The normalized spacial score (nSPS) is 11.4. The van der Waals surface area contributed by atoms with Gasteiger partial charge in [0, 0.05) is 6.54 Å². The molecule has 1 atom stereocenters. The number of nitrogens with zero attached hydrogens (tertiary/aromatic N) is 4. The zero-order valence-electron chi connectivity index (χ0n) is 18.7. The van der Waals surface area contributed by atoms with Crippen LogP contribution in [0.3, 0.4) is 0 Å². The minimum atomic E-state index is -0.734. The molecule has 2 aromatic carbocycles. The molecule has 1 heterocycles. The quantitative estimate of drug-likeness (QED) is 0.489. The van der Waals surface area contributed by atoms with Gasteiger partial charge in [0.2, 0.25) is 0 Å². The summed E-state index contributed by atoms with van der Waals surface area (Å²) in [5.41, 5.74) is 8.24. The Labute approximate surface area is 193 Å². The monoisotopic (exact) mass is 442 g/mol. The molecule has 168 valence electrons. The Morgan fingerprint density at radius 2 is 1.82 bits per heavy atom. The number of para-hydroxylation sites is 2. The van der Waals surface area contributed by atoms with Gasteiger partial charge in [-0.05, 0) is 43.0 Å². The van der Waals surface area contributed by atoms with E-state index in [2.05, 4.69) is 22.6 Å². The molecule has 0 fully saturated rings. The number of amides is 1. The number of nitrogens with one attached hydrogen (secondary N) is 1. The van der Waals surface area contributed by atoms with Crippen molar-refractivity contribution in [1.82, 2.24) is 15.1 Å². The van der Waals surface area contributed by atoms with Crippen molar-refractivity contribution < 1.29 is 9.53 Å². The molecule has 3 rings (SSSR count). The first kappa shape index (κ1) is 23.4. The number of nitrogens with two attached hydrogens (primary N) is 1. The first-order valence-corrected chi connectivity index (χ1v) is 10.7. The fourth-order valence-corrected chi connectivity index (χ4v) is 3.40. The number of carbonyl (C=O) groups is 1. The second-order valence-electron chi connectivity index (χ2n) is 7.85. The molecule has 3 N–H and O–H groups in total. The standard InChI is InChI=1S/C25H26N6O2/c1-17(2)23(33-22-13-7-6-9-18(22)15-26)25(32)29-14-8-12-21-20(16-27)24(28)31(30-21)19-10-4-3-5-11-19/h3-7,9-11,13,17,23H,8,12,14,28H2,1-2H3,(H,29,32). The maximum Gasteiger partial charge on any atom is 0.261 e. The van der Waals surface area contributed by atoms with Crippen molar-refractivity contribution in [3.8, 4) is 23.6 Å². The van der Waals surface area contributed by atoms with Crippen LogP contribution in [0.25, 0.3) is 5.69 Å². The van der Waals surface area contributed by atoms with Gasteiger partial charge in [-0.1, -0.05) is 44.2 Å². The molecule has 0 bridgehead atoms. The highest BCUT2D eigenvalue weighted by Crippen LogP contribution is 2.22. The molecule has 1 aromatic heterocycles. The molecule has 33 heavy (non-hydrogen) atoms. The first-order valence-electron chi connectivity index (χ1n) is 10.7. The smallest absolute Gasteiger partial charge is 0.261 e. The van der Waals surface area contributed by atoms with Crippen LogP contribution in [0.2, 0.25) is 0 Å². The number of rotatable bonds is 9. The molecule has 0 aliphatic carbocycles. The number of hydrogen-bond acceptors (Lipinski definition) is 6. The van der Waals surface area contributed by atoms with Crippen molar-refractivity contribution in [3.05, 3.63) is 71.4 Å². The van der Waals surface area contributed by atoms with Crippen LogP contribution in [0.4, 0.5) is 5.82 Å². The Morgan fingerprint density at radius 1 is 1.12 bits per heavy atom. The number of aromatic nitrogens is 2. The molecule has 8 heteroatoms. The minimum absolute atomic E-state index is 0.0942. The summed E-state index contributed by atoms with van der Waals surface area (Å²) in [6.07, 6.45) is 0.324. The van der Waals surface area contributed by atoms with Crippen LogP contribution in [-0.2, 0) is 11.2 Å². The fourth-order valence-electron chi connectivity index (χ4n) is 3.40. The largest absolute Gasteiger partial charge is 0.479 e. The van der Waals surface area contributed by atoms with E-state index >= 15 is 0 Å². The van der Waals surface area contributed by atoms with Crippen LogP contribution in [0.5, 0.6) is 5.75 Å². The molecule has 0 saturated carbocycles. The molecular weight excluding hydrogens is 416 g/mol. The Bertz CT molecular complexity index is 1190. The van der Waals surface area contributed by atoms with Gasteiger partial charge in [-0.2, -0.15) is 15.6 Å². The summed E-state index contributed by atoms with van der Waals surface area (Å²) in [5.74, 6) is 0.331. The summed E-state index contributed by atoms with van der Waals surface area (Å²) in [5, 5.41) is 26.2. The van der Waals surface area contributed by atoms with Crippen molar-refractivity contribution in [2.24, 2.45) is 5.92 Å². The lowest BCUT2D eigenvalue weighted by atomic mass is 10.1. The summed E-state index contributed by atoms with van der Waals surface area (Å²) < 4.78 is 7.43. The van der Waals surface area contributed by atoms with Crippen molar-refractivity contribution in [2.45, 2.75) is 32.8 Å². The van der Waals surface area contributed by atoms with E-state index in [-0.39, 0.29) is 11.8 Å². The SMILES string of the molecule is CC(C)C(Oc1ccccc1C#N)C(=O)NCCCc1nn(-c2ccccc2)c(N)c1C#N. The molecule has 1 unspecified atom stereocenters. The van der Waals surface area contributed by atoms with Crippen molar-refractivity contribution in [1.29, 1.82) is 10.5 Å². The summed E-state index contributed by atoms with van der Waals surface area (Å²) in [7, 11) is 0. The number of nitrogen functional groups attached to an aromatic ring is 1. The second kappa shape index (κ2) is 10.8. The molecule has 0 aliphatic rings. The zero-order valence-corrected chi connectivity index (χ0v) is 18.7. The lowest BCUT2D eigenvalue weighted by molar-refractivity contribution is -0.129. The maximum atomic E-state index is 12.8. The number of aryl methyl sites for hydroxylation is 1. The van der Waals surface area contributed by atoms with Crippen LogP contribution >= 0.6 is 0 Å². The van der Waals surface area contributed by atoms with Crippen LogP contribution in [-0.4, -0.2) is 28.3 Å². The van der Waals surface area contributed by atoms with Crippen molar-refractivity contribution in [3.63, 3.8) is 0 Å². The van der Waals surface area contributed by atoms with E-state index in [4.69, 9.17) is 10.5 Å². The molecule has 0 spiro atoms. The molecule has 0 saturated heterocycles. The fraction of sp³-hybridized carbons (Fsp3) is 0.280. The summed E-state index contributed by atoms with van der Waals surface area (Å²) in [6.45, 7) is 4.16. The third-order valence-electron chi connectivity index (χ3n) is 5.12. The summed E-state index contributed by atoms with van der Waals surface area (Å²) in [4.78, 5) is 12.8. The van der Waals surface area contributed by atoms with Crippen LogP contribution < -0.4 is 15.8 Å². The van der Waals surface area contributed by atoms with Crippen LogP contribution in [0.1, 0.15) is 37.1 Å². The van der Waals surface area contributed by atoms with E-state index in [1.165, 1.54) is 0 Å². The Hall–Kier alpha value is -4.30. The average molecular weight is 443 g/mol. The number of ether oxygens (including phenoxy) is 1. The third kappa shape index (κ3) is 5.50. The van der Waals surface area contributed by atoms with Gasteiger partial charge in [0.1, 0.15) is 29.3 Å². The predicted molar refractivity (Wildman–Crippen MR) is 124 cm³/mol. The lowest BCUT2D eigenvalue weighted by Gasteiger charge is -2.22. The van der Waals surface area contributed by atoms with E-state index in [0.717, 1.165) is 5.69 Å². The van der Waals surface area contributed by atoms with E-state index in [0.29, 0.717) is 47.8 Å². The summed E-state index contributed by atoms with van der Waals surface area (Å²) >= 11 is 0. The van der Waals surface area contributed by atoms with Gasteiger partial charge in [0.25, 0.3) is 5.91 Å². The molecule has 3 aromatic rings. The number of carbonyl (C=O) groups excluding carboxylic acids is 1. The Balaban J connectivity index is 1.61. The average Bonchev–Trinajstić information content (AvgIpc) is 3.15. The van der Waals surface area contributed by atoms with Gasteiger partial charge in [-0.3, -0.25) is 4.79 Å². The highest BCUT2D eigenvalue weighted by atomic mass is 16.5. The summed E-state index contributed by atoms with van der Waals surface area (Å²) in [6, 6.07) is 20.4. The lowest BCUT2D eigenvalue weighted by Crippen LogP contribution is -2.42. The van der Waals surface area contributed by atoms with E-state index in [1.54, 1.807) is 28.9 Å². The molecule has 8 nitrogen and oxygen atoms in total. The third-order valence-corrected chi connectivity index (χ3v) is 5.12. The second-order valence-corrected chi connectivity index (χ2v) is 7.85. The highest BCUT2D eigenvalue weighted by Gasteiger charge is 2.25. The topological polar surface area (TPSA) is 130 Å². The van der Waals surface area contributed by atoms with Crippen LogP contribution in [0.15, 0.2) is 54.6 Å². The van der Waals surface area contributed by atoms with Gasteiger partial charge in [0.05, 0.1) is 16.9 Å². The predicted octanol–water partition coefficient (Wildman–Crippen LogP) is 3.35. The van der Waals surface area contributed by atoms with Gasteiger partial charge in [0.15, 0.2) is 6.10 Å². The Kier molecular flexibility index (Phi) is 7.67. The molecular formula is C25H26N6O2. The van der Waals surface area contributed by atoms with Gasteiger partial charge in [-0.15, -0.1) is 0 Å². The first-order chi connectivity index (χ1) is 16.0. The molecule has 1 amide bonds. The minimum Gasteiger partial charge on any atom is -0.479 e. The number of hydrogen-bond donors (Lipinski definition) is 2. The number of nitriles is 2. The molecule has 0 radical (unpaired) electrons.